The van der Waals surface area contributed by atoms with Crippen molar-refractivity contribution in [2.24, 2.45) is 5.10 Å². The SMILES string of the molecule is CC(C)=NNC(=O)c1ccc(CSCc2ccccc2)cc1. The van der Waals surface area contributed by atoms with Gasteiger partial charge in [0.1, 0.15) is 0 Å². The van der Waals surface area contributed by atoms with Crippen LogP contribution in [0.25, 0.3) is 0 Å². The third-order valence-corrected chi connectivity index (χ3v) is 4.05. The Morgan fingerprint density at radius 1 is 0.955 bits per heavy atom. The molecule has 0 saturated heterocycles. The maximum Gasteiger partial charge on any atom is 0.271 e. The molecule has 2 rings (SSSR count). The summed E-state index contributed by atoms with van der Waals surface area (Å²) in [6.07, 6.45) is 0. The van der Waals surface area contributed by atoms with Crippen molar-refractivity contribution >= 4 is 23.4 Å². The zero-order valence-corrected chi connectivity index (χ0v) is 13.7. The van der Waals surface area contributed by atoms with Gasteiger partial charge in [-0.25, -0.2) is 5.43 Å². The minimum Gasteiger partial charge on any atom is -0.267 e. The van der Waals surface area contributed by atoms with Gasteiger partial charge in [-0.3, -0.25) is 4.79 Å². The summed E-state index contributed by atoms with van der Waals surface area (Å²) < 4.78 is 0. The predicted molar refractivity (Wildman–Crippen MR) is 94.1 cm³/mol. The van der Waals surface area contributed by atoms with E-state index in [9.17, 15) is 4.79 Å². The van der Waals surface area contributed by atoms with E-state index in [0.717, 1.165) is 17.2 Å². The van der Waals surface area contributed by atoms with E-state index in [4.69, 9.17) is 0 Å². The van der Waals surface area contributed by atoms with Gasteiger partial charge in [0.2, 0.25) is 0 Å². The predicted octanol–water partition coefficient (Wildman–Crippen LogP) is 4.25. The highest BCUT2D eigenvalue weighted by atomic mass is 32.2. The van der Waals surface area contributed by atoms with Gasteiger partial charge in [0, 0.05) is 22.8 Å². The highest BCUT2D eigenvalue weighted by Gasteiger charge is 2.04. The molecule has 0 fully saturated rings. The number of rotatable bonds is 6. The van der Waals surface area contributed by atoms with Crippen LogP contribution < -0.4 is 5.43 Å². The Bertz CT molecular complexity index is 632. The van der Waals surface area contributed by atoms with Crippen molar-refractivity contribution in [2.45, 2.75) is 25.4 Å². The minimum absolute atomic E-state index is 0.176. The molecular formula is C18H20N2OS. The molecule has 1 N–H and O–H groups in total. The molecule has 0 aliphatic rings. The first-order valence-electron chi connectivity index (χ1n) is 7.17. The van der Waals surface area contributed by atoms with Crippen molar-refractivity contribution in [1.29, 1.82) is 0 Å². The second-order valence-corrected chi connectivity index (χ2v) is 6.16. The normalized spacial score (nSPS) is 10.1. The van der Waals surface area contributed by atoms with Crippen molar-refractivity contribution in [3.63, 3.8) is 0 Å². The minimum atomic E-state index is -0.176. The van der Waals surface area contributed by atoms with E-state index in [1.807, 2.05) is 55.9 Å². The molecule has 0 unspecified atom stereocenters. The molecular weight excluding hydrogens is 292 g/mol. The second kappa shape index (κ2) is 8.39. The summed E-state index contributed by atoms with van der Waals surface area (Å²) in [5.41, 5.74) is 6.52. The Morgan fingerprint density at radius 3 is 2.14 bits per heavy atom. The highest BCUT2D eigenvalue weighted by Crippen LogP contribution is 2.18. The molecule has 0 bridgehead atoms. The summed E-state index contributed by atoms with van der Waals surface area (Å²) in [5, 5.41) is 3.92. The van der Waals surface area contributed by atoms with Crippen molar-refractivity contribution in [1.82, 2.24) is 5.43 Å². The van der Waals surface area contributed by atoms with Gasteiger partial charge in [-0.05, 0) is 37.1 Å². The molecule has 0 aromatic heterocycles. The molecule has 0 radical (unpaired) electrons. The van der Waals surface area contributed by atoms with Crippen LogP contribution >= 0.6 is 11.8 Å². The van der Waals surface area contributed by atoms with Crippen LogP contribution in [0.15, 0.2) is 59.7 Å². The lowest BCUT2D eigenvalue weighted by atomic mass is 10.1. The van der Waals surface area contributed by atoms with Crippen LogP contribution in [0.5, 0.6) is 0 Å². The molecule has 22 heavy (non-hydrogen) atoms. The lowest BCUT2D eigenvalue weighted by Gasteiger charge is -2.04. The van der Waals surface area contributed by atoms with Gasteiger partial charge in [0.25, 0.3) is 5.91 Å². The number of nitrogens with zero attached hydrogens (tertiary/aromatic N) is 1. The van der Waals surface area contributed by atoms with E-state index in [2.05, 4.69) is 34.8 Å². The van der Waals surface area contributed by atoms with E-state index in [0.29, 0.717) is 5.56 Å². The maximum atomic E-state index is 11.8. The first-order valence-corrected chi connectivity index (χ1v) is 8.32. The Hall–Kier alpha value is -2.07. The van der Waals surface area contributed by atoms with Crippen molar-refractivity contribution in [3.8, 4) is 0 Å². The quantitative estimate of drug-likeness (QED) is 0.640. The fourth-order valence-corrected chi connectivity index (χ4v) is 2.80. The molecule has 3 nitrogen and oxygen atoms in total. The first-order chi connectivity index (χ1) is 10.6. The Balaban J connectivity index is 1.84. The number of benzene rings is 2. The molecule has 0 aliphatic carbocycles. The molecule has 0 aliphatic heterocycles. The summed E-state index contributed by atoms with van der Waals surface area (Å²) in [7, 11) is 0. The Morgan fingerprint density at radius 2 is 1.55 bits per heavy atom. The highest BCUT2D eigenvalue weighted by molar-refractivity contribution is 7.97. The van der Waals surface area contributed by atoms with Crippen molar-refractivity contribution < 1.29 is 4.79 Å². The largest absolute Gasteiger partial charge is 0.271 e. The molecule has 4 heteroatoms. The number of hydrazone groups is 1. The monoisotopic (exact) mass is 312 g/mol. The lowest BCUT2D eigenvalue weighted by molar-refractivity contribution is 0.0954. The van der Waals surface area contributed by atoms with Gasteiger partial charge >= 0.3 is 0 Å². The van der Waals surface area contributed by atoms with E-state index in [1.54, 1.807) is 0 Å². The van der Waals surface area contributed by atoms with Gasteiger partial charge in [-0.15, -0.1) is 0 Å². The second-order valence-electron chi connectivity index (χ2n) is 5.18. The lowest BCUT2D eigenvalue weighted by Crippen LogP contribution is -2.18. The topological polar surface area (TPSA) is 41.5 Å². The van der Waals surface area contributed by atoms with E-state index in [1.165, 1.54) is 11.1 Å². The van der Waals surface area contributed by atoms with E-state index >= 15 is 0 Å². The van der Waals surface area contributed by atoms with Gasteiger partial charge in [-0.2, -0.15) is 16.9 Å². The average Bonchev–Trinajstić information content (AvgIpc) is 2.54. The molecule has 0 saturated carbocycles. The fourth-order valence-electron chi connectivity index (χ4n) is 1.84. The summed E-state index contributed by atoms with van der Waals surface area (Å²) in [5.74, 6) is 1.75. The maximum absolute atomic E-state index is 11.8. The number of hydrogen-bond donors (Lipinski definition) is 1. The van der Waals surface area contributed by atoms with Crippen LogP contribution in [0.4, 0.5) is 0 Å². The molecule has 2 aromatic carbocycles. The zero-order valence-electron chi connectivity index (χ0n) is 12.9. The molecule has 1 amide bonds. The zero-order chi connectivity index (χ0) is 15.8. The number of carbonyl (C=O) groups excluding carboxylic acids is 1. The average molecular weight is 312 g/mol. The van der Waals surface area contributed by atoms with Crippen molar-refractivity contribution in [3.05, 3.63) is 71.3 Å². The third-order valence-electron chi connectivity index (χ3n) is 2.98. The van der Waals surface area contributed by atoms with Gasteiger partial charge in [-0.1, -0.05) is 42.5 Å². The number of hydrogen-bond acceptors (Lipinski definition) is 3. The number of thioether (sulfide) groups is 1. The summed E-state index contributed by atoms with van der Waals surface area (Å²) >= 11 is 1.87. The van der Waals surface area contributed by atoms with Gasteiger partial charge in [0.05, 0.1) is 0 Å². The third kappa shape index (κ3) is 5.37. The first kappa shape index (κ1) is 16.3. The number of carbonyl (C=O) groups is 1. The van der Waals surface area contributed by atoms with Crippen molar-refractivity contribution in [2.75, 3.05) is 0 Å². The Labute approximate surface area is 135 Å². The van der Waals surface area contributed by atoms with Crippen LogP contribution in [0.1, 0.15) is 35.3 Å². The fraction of sp³-hybridized carbons (Fsp3) is 0.222. The molecule has 0 atom stereocenters. The summed E-state index contributed by atoms with van der Waals surface area (Å²) in [6.45, 7) is 3.68. The smallest absolute Gasteiger partial charge is 0.267 e. The number of amides is 1. The molecule has 114 valence electrons. The van der Waals surface area contributed by atoms with E-state index < -0.39 is 0 Å². The van der Waals surface area contributed by atoms with Crippen LogP contribution in [0.3, 0.4) is 0 Å². The van der Waals surface area contributed by atoms with Gasteiger partial charge in [0.15, 0.2) is 0 Å². The number of nitrogens with one attached hydrogen (secondary N) is 1. The standard InChI is InChI=1S/C18H20N2OS/c1-14(2)19-20-18(21)17-10-8-16(9-11-17)13-22-12-15-6-4-3-5-7-15/h3-11H,12-13H2,1-2H3,(H,20,21). The Kier molecular flexibility index (Phi) is 6.22. The molecule has 0 heterocycles. The van der Waals surface area contributed by atoms with Crippen LogP contribution in [-0.2, 0) is 11.5 Å². The van der Waals surface area contributed by atoms with Crippen LogP contribution in [0.2, 0.25) is 0 Å². The van der Waals surface area contributed by atoms with E-state index in [-0.39, 0.29) is 5.91 Å². The molecule has 2 aromatic rings. The summed E-state index contributed by atoms with van der Waals surface area (Å²) in [6, 6.07) is 18.1. The summed E-state index contributed by atoms with van der Waals surface area (Å²) in [4.78, 5) is 11.8. The van der Waals surface area contributed by atoms with Crippen LogP contribution in [-0.4, -0.2) is 11.6 Å². The van der Waals surface area contributed by atoms with Gasteiger partial charge < -0.3 is 0 Å². The van der Waals surface area contributed by atoms with Crippen LogP contribution in [0, 0.1) is 0 Å². The molecule has 0 spiro atoms.